The molecule has 0 unspecified atom stereocenters. The van der Waals surface area contributed by atoms with Gasteiger partial charge in [-0.3, -0.25) is 4.79 Å². The quantitative estimate of drug-likeness (QED) is 0.557. The van der Waals surface area contributed by atoms with Gasteiger partial charge in [0.2, 0.25) is 0 Å². The predicted octanol–water partition coefficient (Wildman–Crippen LogP) is 4.51. The first-order valence-corrected chi connectivity index (χ1v) is 9.53. The molecule has 5 nitrogen and oxygen atoms in total. The van der Waals surface area contributed by atoms with Crippen LogP contribution in [0.4, 0.5) is 11.4 Å². The molecular weight excluding hydrogens is 364 g/mol. The molecule has 1 amide bonds. The SMILES string of the molecule is C[C@H](CNC(=O)COC(=O)c1ccccc1Nc1ccccc1)c1ccccc1. The number of para-hydroxylation sites is 2. The van der Waals surface area contributed by atoms with Crippen LogP contribution in [-0.4, -0.2) is 25.0 Å². The normalized spacial score (nSPS) is 11.3. The smallest absolute Gasteiger partial charge is 0.340 e. The fraction of sp³-hybridized carbons (Fsp3) is 0.167. The molecule has 0 saturated heterocycles. The van der Waals surface area contributed by atoms with E-state index in [0.29, 0.717) is 17.8 Å². The summed E-state index contributed by atoms with van der Waals surface area (Å²) in [5.74, 6) is -0.698. The number of benzene rings is 3. The van der Waals surface area contributed by atoms with Gasteiger partial charge in [0.25, 0.3) is 5.91 Å². The van der Waals surface area contributed by atoms with Crippen LogP contribution in [0.25, 0.3) is 0 Å². The molecule has 3 aromatic carbocycles. The number of carbonyl (C=O) groups is 2. The summed E-state index contributed by atoms with van der Waals surface area (Å²) >= 11 is 0. The van der Waals surface area contributed by atoms with Gasteiger partial charge in [-0.25, -0.2) is 4.79 Å². The lowest BCUT2D eigenvalue weighted by Gasteiger charge is -2.14. The number of amides is 1. The highest BCUT2D eigenvalue weighted by Crippen LogP contribution is 2.21. The van der Waals surface area contributed by atoms with Crippen LogP contribution >= 0.6 is 0 Å². The Hall–Kier alpha value is -3.60. The highest BCUT2D eigenvalue weighted by Gasteiger charge is 2.15. The van der Waals surface area contributed by atoms with Crippen molar-refractivity contribution in [2.45, 2.75) is 12.8 Å². The number of hydrogen-bond acceptors (Lipinski definition) is 4. The molecule has 148 valence electrons. The first-order valence-electron chi connectivity index (χ1n) is 9.53. The lowest BCUT2D eigenvalue weighted by molar-refractivity contribution is -0.124. The first kappa shape index (κ1) is 20.1. The van der Waals surface area contributed by atoms with Crippen molar-refractivity contribution in [3.05, 3.63) is 96.1 Å². The van der Waals surface area contributed by atoms with E-state index < -0.39 is 5.97 Å². The van der Waals surface area contributed by atoms with E-state index in [1.165, 1.54) is 0 Å². The third-order valence-corrected chi connectivity index (χ3v) is 4.51. The molecule has 0 aliphatic rings. The predicted molar refractivity (Wildman–Crippen MR) is 114 cm³/mol. The maximum absolute atomic E-state index is 12.5. The van der Waals surface area contributed by atoms with Gasteiger partial charge in [-0.1, -0.05) is 67.6 Å². The summed E-state index contributed by atoms with van der Waals surface area (Å²) in [6, 6.07) is 26.5. The number of hydrogen-bond donors (Lipinski definition) is 2. The van der Waals surface area contributed by atoms with Crippen molar-refractivity contribution in [1.82, 2.24) is 5.32 Å². The largest absolute Gasteiger partial charge is 0.452 e. The molecule has 0 radical (unpaired) electrons. The summed E-state index contributed by atoms with van der Waals surface area (Å²) in [4.78, 5) is 24.6. The molecule has 0 heterocycles. The molecule has 29 heavy (non-hydrogen) atoms. The van der Waals surface area contributed by atoms with E-state index in [1.54, 1.807) is 18.2 Å². The van der Waals surface area contributed by atoms with Gasteiger partial charge in [-0.15, -0.1) is 0 Å². The van der Waals surface area contributed by atoms with Gasteiger partial charge >= 0.3 is 5.97 Å². The average molecular weight is 388 g/mol. The van der Waals surface area contributed by atoms with E-state index in [-0.39, 0.29) is 18.4 Å². The molecule has 1 atom stereocenters. The Labute approximate surface area is 170 Å². The highest BCUT2D eigenvalue weighted by atomic mass is 16.5. The van der Waals surface area contributed by atoms with Crippen LogP contribution in [0.1, 0.15) is 28.8 Å². The van der Waals surface area contributed by atoms with Crippen molar-refractivity contribution in [2.75, 3.05) is 18.5 Å². The minimum absolute atomic E-state index is 0.173. The molecule has 3 rings (SSSR count). The second-order valence-electron chi connectivity index (χ2n) is 6.73. The zero-order chi connectivity index (χ0) is 20.5. The standard InChI is InChI=1S/C24H24N2O3/c1-18(19-10-4-2-5-11-19)16-25-23(27)17-29-24(28)21-14-8-9-15-22(21)26-20-12-6-3-7-13-20/h2-15,18,26H,16-17H2,1H3,(H,25,27)/t18-/m1/s1. The summed E-state index contributed by atoms with van der Waals surface area (Å²) in [7, 11) is 0. The van der Waals surface area contributed by atoms with Gasteiger partial charge in [0, 0.05) is 12.2 Å². The Morgan fingerprint density at radius 2 is 1.48 bits per heavy atom. The van der Waals surface area contributed by atoms with Crippen molar-refractivity contribution < 1.29 is 14.3 Å². The molecule has 0 aliphatic heterocycles. The summed E-state index contributed by atoms with van der Waals surface area (Å²) in [5.41, 5.74) is 3.01. The van der Waals surface area contributed by atoms with Crippen LogP contribution < -0.4 is 10.6 Å². The average Bonchev–Trinajstić information content (AvgIpc) is 2.77. The number of rotatable bonds is 8. The Kier molecular flexibility index (Phi) is 7.00. The molecule has 5 heteroatoms. The molecule has 0 saturated carbocycles. The molecule has 3 aromatic rings. The zero-order valence-electron chi connectivity index (χ0n) is 16.3. The molecule has 0 bridgehead atoms. The van der Waals surface area contributed by atoms with Crippen LogP contribution in [0.15, 0.2) is 84.9 Å². The van der Waals surface area contributed by atoms with Crippen LogP contribution in [-0.2, 0) is 9.53 Å². The molecule has 0 aliphatic carbocycles. The lowest BCUT2D eigenvalue weighted by atomic mass is 10.0. The maximum atomic E-state index is 12.5. The number of esters is 1. The Balaban J connectivity index is 1.52. The fourth-order valence-electron chi connectivity index (χ4n) is 2.87. The summed E-state index contributed by atoms with van der Waals surface area (Å²) < 4.78 is 5.22. The van der Waals surface area contributed by atoms with E-state index in [9.17, 15) is 9.59 Å². The van der Waals surface area contributed by atoms with Crippen LogP contribution in [0, 0.1) is 0 Å². The monoisotopic (exact) mass is 388 g/mol. The maximum Gasteiger partial charge on any atom is 0.340 e. The van der Waals surface area contributed by atoms with Crippen molar-refractivity contribution in [3.8, 4) is 0 Å². The van der Waals surface area contributed by atoms with Crippen LogP contribution in [0.2, 0.25) is 0 Å². The summed E-state index contributed by atoms with van der Waals surface area (Å²) in [6.07, 6.45) is 0. The zero-order valence-corrected chi connectivity index (χ0v) is 16.3. The van der Waals surface area contributed by atoms with Crippen molar-refractivity contribution in [3.63, 3.8) is 0 Å². The molecule has 0 fully saturated rings. The van der Waals surface area contributed by atoms with Crippen molar-refractivity contribution in [1.29, 1.82) is 0 Å². The van der Waals surface area contributed by atoms with Gasteiger partial charge in [0.05, 0.1) is 11.3 Å². The Morgan fingerprint density at radius 3 is 2.21 bits per heavy atom. The van der Waals surface area contributed by atoms with Crippen LogP contribution in [0.5, 0.6) is 0 Å². The molecule has 2 N–H and O–H groups in total. The third kappa shape index (κ3) is 5.94. The lowest BCUT2D eigenvalue weighted by Crippen LogP contribution is -2.31. The van der Waals surface area contributed by atoms with E-state index in [2.05, 4.69) is 10.6 Å². The third-order valence-electron chi connectivity index (χ3n) is 4.51. The van der Waals surface area contributed by atoms with Crippen LogP contribution in [0.3, 0.4) is 0 Å². The molecule has 0 aromatic heterocycles. The number of carbonyl (C=O) groups excluding carboxylic acids is 2. The fourth-order valence-corrected chi connectivity index (χ4v) is 2.87. The second kappa shape index (κ2) is 10.1. The minimum Gasteiger partial charge on any atom is -0.452 e. The van der Waals surface area contributed by atoms with E-state index >= 15 is 0 Å². The Morgan fingerprint density at radius 1 is 0.862 bits per heavy atom. The number of anilines is 2. The molecular formula is C24H24N2O3. The topological polar surface area (TPSA) is 67.4 Å². The Bertz CT molecular complexity index is 943. The van der Waals surface area contributed by atoms with E-state index in [4.69, 9.17) is 4.74 Å². The van der Waals surface area contributed by atoms with Crippen molar-refractivity contribution in [2.24, 2.45) is 0 Å². The highest BCUT2D eigenvalue weighted by molar-refractivity contribution is 5.97. The number of nitrogens with one attached hydrogen (secondary N) is 2. The van der Waals surface area contributed by atoms with Crippen molar-refractivity contribution >= 4 is 23.3 Å². The van der Waals surface area contributed by atoms with E-state index in [1.807, 2.05) is 73.7 Å². The molecule has 0 spiro atoms. The van der Waals surface area contributed by atoms with Gasteiger partial charge in [-0.05, 0) is 35.7 Å². The summed E-state index contributed by atoms with van der Waals surface area (Å²) in [5, 5.41) is 6.01. The summed E-state index contributed by atoms with van der Waals surface area (Å²) in [6.45, 7) is 2.19. The first-order chi connectivity index (χ1) is 14.1. The van der Waals surface area contributed by atoms with Gasteiger partial charge in [0.15, 0.2) is 6.61 Å². The van der Waals surface area contributed by atoms with Gasteiger partial charge < -0.3 is 15.4 Å². The van der Waals surface area contributed by atoms with Gasteiger partial charge in [-0.2, -0.15) is 0 Å². The number of ether oxygens (including phenoxy) is 1. The second-order valence-corrected chi connectivity index (χ2v) is 6.73. The minimum atomic E-state index is -0.546. The van der Waals surface area contributed by atoms with E-state index in [0.717, 1.165) is 11.3 Å². The van der Waals surface area contributed by atoms with Gasteiger partial charge in [0.1, 0.15) is 0 Å².